The molecule has 0 radical (unpaired) electrons. The first kappa shape index (κ1) is 16.9. The Labute approximate surface area is 151 Å². The van der Waals surface area contributed by atoms with Crippen LogP contribution in [0.4, 0.5) is 10.5 Å². The fourth-order valence-corrected chi connectivity index (χ4v) is 3.13. The molecule has 0 saturated carbocycles. The van der Waals surface area contributed by atoms with Crippen molar-refractivity contribution in [2.24, 2.45) is 0 Å². The summed E-state index contributed by atoms with van der Waals surface area (Å²) in [5, 5.41) is 5.63. The highest BCUT2D eigenvalue weighted by molar-refractivity contribution is 7.99. The van der Waals surface area contributed by atoms with Gasteiger partial charge < -0.3 is 10.6 Å². The van der Waals surface area contributed by atoms with E-state index in [-0.39, 0.29) is 6.03 Å². The second-order valence-electron chi connectivity index (χ2n) is 5.25. The summed E-state index contributed by atoms with van der Waals surface area (Å²) in [5.41, 5.74) is 1.81. The van der Waals surface area contributed by atoms with Gasteiger partial charge in [-0.2, -0.15) is 0 Å². The van der Waals surface area contributed by atoms with Crippen molar-refractivity contribution >= 4 is 29.6 Å². The molecule has 4 heteroatoms. The van der Waals surface area contributed by atoms with Gasteiger partial charge in [-0.3, -0.25) is 0 Å². The zero-order valence-corrected chi connectivity index (χ0v) is 14.4. The molecule has 0 unspecified atom stereocenters. The molecule has 0 aliphatic heterocycles. The van der Waals surface area contributed by atoms with E-state index in [2.05, 4.69) is 10.6 Å². The number of anilines is 1. The highest BCUT2D eigenvalue weighted by Crippen LogP contribution is 2.33. The summed E-state index contributed by atoms with van der Waals surface area (Å²) in [6.07, 6.45) is 3.49. The number of carbonyl (C=O) groups excluding carboxylic acids is 1. The Kier molecular flexibility index (Phi) is 5.91. The van der Waals surface area contributed by atoms with E-state index in [9.17, 15) is 4.79 Å². The predicted molar refractivity (Wildman–Crippen MR) is 105 cm³/mol. The number of para-hydroxylation sites is 1. The van der Waals surface area contributed by atoms with Gasteiger partial charge in [-0.05, 0) is 35.9 Å². The van der Waals surface area contributed by atoms with Crippen molar-refractivity contribution in [1.29, 1.82) is 0 Å². The molecule has 0 aliphatic rings. The molecule has 124 valence electrons. The molecule has 0 atom stereocenters. The standard InChI is InChI=1S/C21H18N2OS/c24-21(22-16-15-17-9-3-1-4-10-17)23-19-13-7-8-14-20(19)25-18-11-5-2-6-12-18/h1-16H,(H2,22,23,24)/b16-15+. The van der Waals surface area contributed by atoms with Gasteiger partial charge in [-0.15, -0.1) is 0 Å². The average Bonchev–Trinajstić information content (AvgIpc) is 2.65. The fraction of sp³-hybridized carbons (Fsp3) is 0. The van der Waals surface area contributed by atoms with E-state index in [1.54, 1.807) is 18.0 Å². The summed E-state index contributed by atoms with van der Waals surface area (Å²) < 4.78 is 0. The minimum atomic E-state index is -0.270. The molecule has 0 aliphatic carbocycles. The van der Waals surface area contributed by atoms with Crippen LogP contribution in [-0.4, -0.2) is 6.03 Å². The molecule has 2 N–H and O–H groups in total. The van der Waals surface area contributed by atoms with Gasteiger partial charge in [0.25, 0.3) is 0 Å². The number of hydrogen-bond acceptors (Lipinski definition) is 2. The molecular formula is C21H18N2OS. The van der Waals surface area contributed by atoms with Crippen LogP contribution in [0.2, 0.25) is 0 Å². The Morgan fingerprint density at radius 2 is 1.44 bits per heavy atom. The van der Waals surface area contributed by atoms with Crippen LogP contribution < -0.4 is 10.6 Å². The molecule has 0 spiro atoms. The summed E-state index contributed by atoms with van der Waals surface area (Å²) in [4.78, 5) is 14.2. The van der Waals surface area contributed by atoms with Gasteiger partial charge in [0.2, 0.25) is 0 Å². The quantitative estimate of drug-likeness (QED) is 0.628. The maximum absolute atomic E-state index is 12.1. The van der Waals surface area contributed by atoms with Crippen LogP contribution in [0.15, 0.2) is 101 Å². The Morgan fingerprint density at radius 1 is 0.800 bits per heavy atom. The molecule has 0 fully saturated rings. The van der Waals surface area contributed by atoms with E-state index in [4.69, 9.17) is 0 Å². The maximum Gasteiger partial charge on any atom is 0.323 e. The van der Waals surface area contributed by atoms with Gasteiger partial charge in [0.15, 0.2) is 0 Å². The smallest absolute Gasteiger partial charge is 0.314 e. The first-order valence-corrected chi connectivity index (χ1v) is 8.74. The molecule has 3 rings (SSSR count). The van der Waals surface area contributed by atoms with Crippen molar-refractivity contribution in [3.8, 4) is 0 Å². The lowest BCUT2D eigenvalue weighted by Crippen LogP contribution is -2.24. The monoisotopic (exact) mass is 346 g/mol. The van der Waals surface area contributed by atoms with Crippen molar-refractivity contribution in [2.75, 3.05) is 5.32 Å². The number of rotatable bonds is 5. The van der Waals surface area contributed by atoms with E-state index in [0.29, 0.717) is 0 Å². The van der Waals surface area contributed by atoms with E-state index in [1.807, 2.05) is 91.0 Å². The second kappa shape index (κ2) is 8.76. The van der Waals surface area contributed by atoms with Gasteiger partial charge >= 0.3 is 6.03 Å². The van der Waals surface area contributed by atoms with E-state index >= 15 is 0 Å². The van der Waals surface area contributed by atoms with Gasteiger partial charge in [0, 0.05) is 16.0 Å². The van der Waals surface area contributed by atoms with E-state index < -0.39 is 0 Å². The van der Waals surface area contributed by atoms with Crippen LogP contribution >= 0.6 is 11.8 Å². The molecule has 0 aromatic heterocycles. The summed E-state index contributed by atoms with van der Waals surface area (Å²) in [6, 6.07) is 27.4. The van der Waals surface area contributed by atoms with Crippen molar-refractivity contribution in [3.63, 3.8) is 0 Å². The number of amides is 2. The molecule has 0 heterocycles. The average molecular weight is 346 g/mol. The first-order chi connectivity index (χ1) is 12.3. The lowest BCUT2D eigenvalue weighted by atomic mass is 10.2. The highest BCUT2D eigenvalue weighted by Gasteiger charge is 2.06. The van der Waals surface area contributed by atoms with Gasteiger partial charge in [0.1, 0.15) is 0 Å². The van der Waals surface area contributed by atoms with Crippen LogP contribution in [0.3, 0.4) is 0 Å². The molecule has 3 nitrogen and oxygen atoms in total. The number of nitrogens with one attached hydrogen (secondary N) is 2. The third-order valence-corrected chi connectivity index (χ3v) is 4.48. The number of benzene rings is 3. The Bertz CT molecular complexity index is 848. The molecule has 25 heavy (non-hydrogen) atoms. The zero-order valence-electron chi connectivity index (χ0n) is 13.6. The predicted octanol–water partition coefficient (Wildman–Crippen LogP) is 5.63. The molecule has 3 aromatic carbocycles. The largest absolute Gasteiger partial charge is 0.323 e. The normalized spacial score (nSPS) is 10.6. The minimum absolute atomic E-state index is 0.270. The van der Waals surface area contributed by atoms with E-state index in [0.717, 1.165) is 21.0 Å². The SMILES string of the molecule is O=C(N/C=C/c1ccccc1)Nc1ccccc1Sc1ccccc1. The van der Waals surface area contributed by atoms with Crippen LogP contribution in [0.5, 0.6) is 0 Å². The lowest BCUT2D eigenvalue weighted by Gasteiger charge is -2.10. The van der Waals surface area contributed by atoms with Crippen LogP contribution in [0.1, 0.15) is 5.56 Å². The summed E-state index contributed by atoms with van der Waals surface area (Å²) in [7, 11) is 0. The van der Waals surface area contributed by atoms with Crippen molar-refractivity contribution in [1.82, 2.24) is 5.32 Å². The Balaban J connectivity index is 1.62. The summed E-state index contributed by atoms with van der Waals surface area (Å²) in [6.45, 7) is 0. The Morgan fingerprint density at radius 3 is 2.20 bits per heavy atom. The van der Waals surface area contributed by atoms with Gasteiger partial charge in [-0.25, -0.2) is 4.79 Å². The maximum atomic E-state index is 12.1. The number of urea groups is 1. The highest BCUT2D eigenvalue weighted by atomic mass is 32.2. The van der Waals surface area contributed by atoms with Crippen LogP contribution in [0, 0.1) is 0 Å². The molecule has 2 amide bonds. The second-order valence-corrected chi connectivity index (χ2v) is 6.37. The molecule has 3 aromatic rings. The first-order valence-electron chi connectivity index (χ1n) is 7.92. The van der Waals surface area contributed by atoms with Crippen molar-refractivity contribution in [3.05, 3.63) is 96.7 Å². The molecular weight excluding hydrogens is 328 g/mol. The lowest BCUT2D eigenvalue weighted by molar-refractivity contribution is 0.255. The number of carbonyl (C=O) groups is 1. The number of hydrogen-bond donors (Lipinski definition) is 2. The molecule has 0 saturated heterocycles. The summed E-state index contributed by atoms with van der Waals surface area (Å²) >= 11 is 1.62. The fourth-order valence-electron chi connectivity index (χ4n) is 2.21. The summed E-state index contributed by atoms with van der Waals surface area (Å²) in [5.74, 6) is 0. The van der Waals surface area contributed by atoms with Gasteiger partial charge in [0.05, 0.1) is 5.69 Å². The zero-order chi connectivity index (χ0) is 17.3. The third kappa shape index (κ3) is 5.26. The van der Waals surface area contributed by atoms with Crippen LogP contribution in [-0.2, 0) is 0 Å². The third-order valence-electron chi connectivity index (χ3n) is 3.40. The van der Waals surface area contributed by atoms with Crippen molar-refractivity contribution < 1.29 is 4.79 Å². The molecule has 0 bridgehead atoms. The van der Waals surface area contributed by atoms with Crippen molar-refractivity contribution in [2.45, 2.75) is 9.79 Å². The Hall–Kier alpha value is -2.98. The minimum Gasteiger partial charge on any atom is -0.314 e. The van der Waals surface area contributed by atoms with Gasteiger partial charge in [-0.1, -0.05) is 72.4 Å². The topological polar surface area (TPSA) is 41.1 Å². The van der Waals surface area contributed by atoms with E-state index in [1.165, 1.54) is 0 Å². The van der Waals surface area contributed by atoms with Crippen LogP contribution in [0.25, 0.3) is 6.08 Å².